The van der Waals surface area contributed by atoms with Crippen molar-refractivity contribution in [1.82, 2.24) is 10.2 Å². The zero-order valence-corrected chi connectivity index (χ0v) is 14.2. The molecule has 1 aromatic carbocycles. The zero-order chi connectivity index (χ0) is 16.1. The molecule has 0 aromatic heterocycles. The second kappa shape index (κ2) is 7.75. The number of ether oxygens (including phenoxy) is 1. The Morgan fingerprint density at radius 1 is 1.36 bits per heavy atom. The molecule has 1 aromatic rings. The van der Waals surface area contributed by atoms with Crippen LogP contribution < -0.4 is 5.32 Å². The summed E-state index contributed by atoms with van der Waals surface area (Å²) in [5, 5.41) is 2.96. The Bertz CT molecular complexity index is 514. The summed E-state index contributed by atoms with van der Waals surface area (Å²) in [6, 6.07) is 6.57. The van der Waals surface area contributed by atoms with Crippen molar-refractivity contribution in [3.8, 4) is 0 Å². The van der Waals surface area contributed by atoms with Crippen molar-refractivity contribution in [2.75, 3.05) is 26.2 Å². The normalized spacial score (nSPS) is 19.4. The number of nitrogens with one attached hydrogen (secondary N) is 1. The lowest BCUT2D eigenvalue weighted by Gasteiger charge is -2.32. The Balaban J connectivity index is 1.90. The summed E-state index contributed by atoms with van der Waals surface area (Å²) in [6.45, 7) is 12.2. The van der Waals surface area contributed by atoms with Gasteiger partial charge in [0.1, 0.15) is 6.10 Å². The first-order valence-corrected chi connectivity index (χ1v) is 8.13. The van der Waals surface area contributed by atoms with Gasteiger partial charge in [-0.25, -0.2) is 0 Å². The molecule has 4 nitrogen and oxygen atoms in total. The fraction of sp³-hybridized carbons (Fsp3) is 0.611. The van der Waals surface area contributed by atoms with Crippen molar-refractivity contribution >= 4 is 5.91 Å². The van der Waals surface area contributed by atoms with Gasteiger partial charge < -0.3 is 10.1 Å². The molecule has 1 aliphatic rings. The SMILES string of the molecule is Cc1ccc(CN2CCOC(C(=O)NCC(C)C)C2)cc1C. The minimum atomic E-state index is -0.348. The fourth-order valence-corrected chi connectivity index (χ4v) is 2.58. The quantitative estimate of drug-likeness (QED) is 0.907. The molecule has 1 heterocycles. The van der Waals surface area contributed by atoms with Gasteiger partial charge in [0.2, 0.25) is 5.91 Å². The second-order valence-electron chi connectivity index (χ2n) is 6.65. The largest absolute Gasteiger partial charge is 0.366 e. The molecule has 122 valence electrons. The maximum atomic E-state index is 12.1. The zero-order valence-electron chi connectivity index (χ0n) is 14.2. The van der Waals surface area contributed by atoms with Gasteiger partial charge in [-0.3, -0.25) is 9.69 Å². The van der Waals surface area contributed by atoms with Crippen LogP contribution in [0, 0.1) is 19.8 Å². The van der Waals surface area contributed by atoms with Gasteiger partial charge in [0.25, 0.3) is 0 Å². The van der Waals surface area contributed by atoms with Crippen LogP contribution in [0.2, 0.25) is 0 Å². The van der Waals surface area contributed by atoms with Crippen molar-refractivity contribution < 1.29 is 9.53 Å². The number of benzene rings is 1. The van der Waals surface area contributed by atoms with Crippen molar-refractivity contribution in [3.05, 3.63) is 34.9 Å². The lowest BCUT2D eigenvalue weighted by molar-refractivity contribution is -0.138. The highest BCUT2D eigenvalue weighted by molar-refractivity contribution is 5.81. The summed E-state index contributed by atoms with van der Waals surface area (Å²) in [5.41, 5.74) is 3.93. The summed E-state index contributed by atoms with van der Waals surface area (Å²) >= 11 is 0. The predicted octanol–water partition coefficient (Wildman–Crippen LogP) is 2.28. The monoisotopic (exact) mass is 304 g/mol. The Hall–Kier alpha value is -1.39. The third-order valence-electron chi connectivity index (χ3n) is 4.11. The molecule has 1 unspecified atom stereocenters. The van der Waals surface area contributed by atoms with Gasteiger partial charge in [-0.1, -0.05) is 32.0 Å². The van der Waals surface area contributed by atoms with Crippen LogP contribution in [0.4, 0.5) is 0 Å². The van der Waals surface area contributed by atoms with Crippen LogP contribution in [0.5, 0.6) is 0 Å². The van der Waals surface area contributed by atoms with Crippen LogP contribution in [0.15, 0.2) is 18.2 Å². The van der Waals surface area contributed by atoms with E-state index < -0.39 is 0 Å². The van der Waals surface area contributed by atoms with E-state index in [-0.39, 0.29) is 12.0 Å². The van der Waals surface area contributed by atoms with Crippen molar-refractivity contribution in [3.63, 3.8) is 0 Å². The molecule has 1 aliphatic heterocycles. The summed E-state index contributed by atoms with van der Waals surface area (Å²) in [4.78, 5) is 14.4. The highest BCUT2D eigenvalue weighted by Crippen LogP contribution is 2.14. The van der Waals surface area contributed by atoms with Gasteiger partial charge in [0, 0.05) is 26.2 Å². The van der Waals surface area contributed by atoms with Crippen molar-refractivity contribution in [1.29, 1.82) is 0 Å². The molecule has 0 aliphatic carbocycles. The molecule has 0 bridgehead atoms. The number of morpholine rings is 1. The van der Waals surface area contributed by atoms with E-state index in [0.717, 1.165) is 13.1 Å². The Labute approximate surface area is 133 Å². The maximum absolute atomic E-state index is 12.1. The highest BCUT2D eigenvalue weighted by atomic mass is 16.5. The van der Waals surface area contributed by atoms with Crippen LogP contribution in [0.1, 0.15) is 30.5 Å². The summed E-state index contributed by atoms with van der Waals surface area (Å²) in [7, 11) is 0. The van der Waals surface area contributed by atoms with E-state index in [1.807, 2.05) is 0 Å². The van der Waals surface area contributed by atoms with E-state index in [0.29, 0.717) is 25.6 Å². The number of aryl methyl sites for hydroxylation is 2. The average Bonchev–Trinajstić information content (AvgIpc) is 2.49. The van der Waals surface area contributed by atoms with Crippen LogP contribution in [-0.4, -0.2) is 43.2 Å². The van der Waals surface area contributed by atoms with E-state index in [2.05, 4.69) is 56.1 Å². The predicted molar refractivity (Wildman–Crippen MR) is 88.8 cm³/mol. The van der Waals surface area contributed by atoms with Gasteiger partial charge in [-0.2, -0.15) is 0 Å². The number of carbonyl (C=O) groups excluding carboxylic acids is 1. The minimum Gasteiger partial charge on any atom is -0.366 e. The number of rotatable bonds is 5. The lowest BCUT2D eigenvalue weighted by Crippen LogP contribution is -2.49. The van der Waals surface area contributed by atoms with Gasteiger partial charge in [0.05, 0.1) is 6.61 Å². The minimum absolute atomic E-state index is 0.0125. The standard InChI is InChI=1S/C18H28N2O2/c1-13(2)10-19-18(21)17-12-20(7-8-22-17)11-16-6-5-14(3)15(4)9-16/h5-6,9,13,17H,7-8,10-12H2,1-4H3,(H,19,21). The van der Waals surface area contributed by atoms with E-state index in [9.17, 15) is 4.79 Å². The summed E-state index contributed by atoms with van der Waals surface area (Å²) < 4.78 is 5.63. The number of amides is 1. The van der Waals surface area contributed by atoms with Gasteiger partial charge in [-0.15, -0.1) is 0 Å². The first-order chi connectivity index (χ1) is 10.5. The Morgan fingerprint density at radius 2 is 2.14 bits per heavy atom. The van der Waals surface area contributed by atoms with Gasteiger partial charge in [-0.05, 0) is 36.5 Å². The first kappa shape index (κ1) is 17.0. The molecule has 1 N–H and O–H groups in total. The molecule has 0 spiro atoms. The second-order valence-corrected chi connectivity index (χ2v) is 6.65. The topological polar surface area (TPSA) is 41.6 Å². The third-order valence-corrected chi connectivity index (χ3v) is 4.11. The van der Waals surface area contributed by atoms with Crippen molar-refractivity contribution in [2.45, 2.75) is 40.3 Å². The van der Waals surface area contributed by atoms with E-state index in [1.54, 1.807) is 0 Å². The molecule has 0 saturated carbocycles. The molecular formula is C18H28N2O2. The van der Waals surface area contributed by atoms with Crippen LogP contribution >= 0.6 is 0 Å². The highest BCUT2D eigenvalue weighted by Gasteiger charge is 2.26. The molecule has 0 radical (unpaired) electrons. The molecule has 1 fully saturated rings. The smallest absolute Gasteiger partial charge is 0.250 e. The average molecular weight is 304 g/mol. The van der Waals surface area contributed by atoms with Crippen LogP contribution in [0.3, 0.4) is 0 Å². The van der Waals surface area contributed by atoms with Crippen molar-refractivity contribution in [2.24, 2.45) is 5.92 Å². The summed E-state index contributed by atoms with van der Waals surface area (Å²) in [6.07, 6.45) is -0.348. The van der Waals surface area contributed by atoms with Gasteiger partial charge >= 0.3 is 0 Å². The molecule has 2 rings (SSSR count). The first-order valence-electron chi connectivity index (χ1n) is 8.13. The molecule has 22 heavy (non-hydrogen) atoms. The van der Waals surface area contributed by atoms with Gasteiger partial charge in [0.15, 0.2) is 0 Å². The number of carbonyl (C=O) groups is 1. The molecule has 4 heteroatoms. The molecular weight excluding hydrogens is 276 g/mol. The lowest BCUT2D eigenvalue weighted by atomic mass is 10.1. The molecule has 1 saturated heterocycles. The fourth-order valence-electron chi connectivity index (χ4n) is 2.58. The molecule has 1 atom stereocenters. The van der Waals surface area contributed by atoms with E-state index in [1.165, 1.54) is 16.7 Å². The third kappa shape index (κ3) is 4.82. The van der Waals surface area contributed by atoms with E-state index in [4.69, 9.17) is 4.74 Å². The Kier molecular flexibility index (Phi) is 5.98. The van der Waals surface area contributed by atoms with Crippen LogP contribution in [-0.2, 0) is 16.1 Å². The molecule has 1 amide bonds. The maximum Gasteiger partial charge on any atom is 0.250 e. The number of hydrogen-bond acceptors (Lipinski definition) is 3. The summed E-state index contributed by atoms with van der Waals surface area (Å²) in [5.74, 6) is 0.470. The Morgan fingerprint density at radius 3 is 2.82 bits per heavy atom. The number of nitrogens with zero attached hydrogens (tertiary/aromatic N) is 1. The van der Waals surface area contributed by atoms with E-state index >= 15 is 0 Å². The van der Waals surface area contributed by atoms with Crippen LogP contribution in [0.25, 0.3) is 0 Å². The number of hydrogen-bond donors (Lipinski definition) is 1.